The largest absolute Gasteiger partial charge is 0.267 e. The Hall–Kier alpha value is 0.320. The molecule has 72 valence electrons. The molecule has 0 N–H and O–H groups in total. The number of aromatic nitrogens is 1. The van der Waals surface area contributed by atoms with Crippen LogP contribution in [0.15, 0.2) is 6.07 Å². The van der Waals surface area contributed by atoms with E-state index in [4.69, 9.17) is 23.2 Å². The Morgan fingerprint density at radius 1 is 1.54 bits per heavy atom. The van der Waals surface area contributed by atoms with Crippen molar-refractivity contribution < 1.29 is 8.78 Å². The van der Waals surface area contributed by atoms with Gasteiger partial charge in [0.25, 0.3) is 6.43 Å². The molecular formula is C7H4Cl2F2IN. The molecule has 13 heavy (non-hydrogen) atoms. The summed E-state index contributed by atoms with van der Waals surface area (Å²) in [4.78, 5) is 3.86. The Labute approximate surface area is 97.6 Å². The first-order chi connectivity index (χ1) is 6.06. The number of hydrogen-bond donors (Lipinski definition) is 0. The molecule has 0 aliphatic heterocycles. The highest BCUT2D eigenvalue weighted by Crippen LogP contribution is 2.31. The molecule has 1 aromatic rings. The van der Waals surface area contributed by atoms with E-state index in [1.165, 1.54) is 6.07 Å². The van der Waals surface area contributed by atoms with Crippen molar-refractivity contribution in [2.45, 2.75) is 12.3 Å². The summed E-state index contributed by atoms with van der Waals surface area (Å²) in [5.74, 6) is -0.0593. The number of halogens is 5. The smallest absolute Gasteiger partial charge is 0.245 e. The Balaban J connectivity index is 3.30. The van der Waals surface area contributed by atoms with E-state index in [1.54, 1.807) is 0 Å². The normalized spacial score (nSPS) is 10.9. The number of nitrogens with zero attached hydrogens (tertiary/aromatic N) is 1. The molecule has 0 saturated heterocycles. The third-order valence-electron chi connectivity index (χ3n) is 1.40. The maximum atomic E-state index is 12.4. The van der Waals surface area contributed by atoms with Crippen LogP contribution >= 0.6 is 45.8 Å². The molecule has 6 heteroatoms. The topological polar surface area (TPSA) is 12.9 Å². The Morgan fingerprint density at radius 3 is 2.62 bits per heavy atom. The van der Waals surface area contributed by atoms with Crippen LogP contribution in [0.5, 0.6) is 0 Å². The van der Waals surface area contributed by atoms with Crippen LogP contribution in [-0.2, 0) is 5.88 Å². The lowest BCUT2D eigenvalue weighted by Crippen LogP contribution is -1.99. The lowest BCUT2D eigenvalue weighted by Gasteiger charge is -2.07. The number of alkyl halides is 3. The molecule has 0 spiro atoms. The van der Waals surface area contributed by atoms with Gasteiger partial charge < -0.3 is 0 Å². The lowest BCUT2D eigenvalue weighted by molar-refractivity contribution is 0.150. The molecular weight excluding hydrogens is 334 g/mol. The summed E-state index contributed by atoms with van der Waals surface area (Å²) in [6, 6.07) is 1.39. The Morgan fingerprint density at radius 2 is 2.15 bits per heavy atom. The second-order valence-corrected chi connectivity index (χ2v) is 4.00. The van der Waals surface area contributed by atoms with Crippen LogP contribution in [0.1, 0.15) is 17.7 Å². The van der Waals surface area contributed by atoms with Gasteiger partial charge in [0.2, 0.25) is 0 Å². The number of pyridine rings is 1. The predicted octanol–water partition coefficient (Wildman–Crippen LogP) is 4.02. The zero-order chi connectivity index (χ0) is 10.0. The minimum absolute atomic E-state index is 0.0186. The average molecular weight is 338 g/mol. The van der Waals surface area contributed by atoms with E-state index in [9.17, 15) is 8.78 Å². The minimum atomic E-state index is -2.63. The lowest BCUT2D eigenvalue weighted by atomic mass is 10.2. The van der Waals surface area contributed by atoms with Crippen molar-refractivity contribution in [2.24, 2.45) is 0 Å². The van der Waals surface area contributed by atoms with E-state index in [2.05, 4.69) is 4.98 Å². The van der Waals surface area contributed by atoms with E-state index in [0.29, 0.717) is 3.70 Å². The van der Waals surface area contributed by atoms with Crippen LogP contribution in [0, 0.1) is 3.70 Å². The zero-order valence-corrected chi connectivity index (χ0v) is 9.87. The third-order valence-corrected chi connectivity index (χ3v) is 2.52. The van der Waals surface area contributed by atoms with Gasteiger partial charge in [0, 0.05) is 0 Å². The molecule has 0 fully saturated rings. The molecule has 0 amide bonds. The van der Waals surface area contributed by atoms with E-state index in [1.807, 2.05) is 22.6 Å². The molecule has 0 aliphatic rings. The van der Waals surface area contributed by atoms with Crippen LogP contribution < -0.4 is 0 Å². The Kier molecular flexibility index (Phi) is 4.12. The highest BCUT2D eigenvalue weighted by atomic mass is 127. The van der Waals surface area contributed by atoms with Gasteiger partial charge in [-0.2, -0.15) is 0 Å². The standard InChI is InChI=1S/C7H4Cl2F2IN/c8-2-4-6(7(10)11)3(9)1-5(12)13-4/h1,7H,2H2. The zero-order valence-electron chi connectivity index (χ0n) is 6.20. The molecule has 1 nitrogen and oxygen atoms in total. The quantitative estimate of drug-likeness (QED) is 0.451. The van der Waals surface area contributed by atoms with Gasteiger partial charge in [-0.25, -0.2) is 13.8 Å². The molecule has 0 aliphatic carbocycles. The summed E-state index contributed by atoms with van der Waals surface area (Å²) in [5, 5.41) is 0.0186. The van der Waals surface area contributed by atoms with Crippen LogP contribution in [0.2, 0.25) is 5.02 Å². The molecule has 0 saturated carbocycles. The second-order valence-electron chi connectivity index (χ2n) is 2.22. The van der Waals surface area contributed by atoms with Gasteiger partial charge in [-0.1, -0.05) is 11.6 Å². The molecule has 0 aromatic carbocycles. The summed E-state index contributed by atoms with van der Waals surface area (Å²) in [5.41, 5.74) is -0.120. The van der Waals surface area contributed by atoms with Crippen molar-refractivity contribution in [2.75, 3.05) is 0 Å². The van der Waals surface area contributed by atoms with Gasteiger partial charge in [0.05, 0.1) is 22.2 Å². The summed E-state index contributed by atoms with van der Waals surface area (Å²) < 4.78 is 25.4. The molecule has 1 aromatic heterocycles. The first kappa shape index (κ1) is 11.4. The fraction of sp³-hybridized carbons (Fsp3) is 0.286. The van der Waals surface area contributed by atoms with Crippen molar-refractivity contribution in [3.05, 3.63) is 26.0 Å². The maximum Gasteiger partial charge on any atom is 0.267 e. The summed E-state index contributed by atoms with van der Waals surface area (Å²) in [6.45, 7) is 0. The Bertz CT molecular complexity index is 320. The van der Waals surface area contributed by atoms with Crippen LogP contribution in [-0.4, -0.2) is 4.98 Å². The number of rotatable bonds is 2. The van der Waals surface area contributed by atoms with Gasteiger partial charge >= 0.3 is 0 Å². The average Bonchev–Trinajstić information content (AvgIpc) is 2.01. The summed E-state index contributed by atoms with van der Waals surface area (Å²) in [6.07, 6.45) is -2.63. The van der Waals surface area contributed by atoms with Crippen molar-refractivity contribution in [1.82, 2.24) is 4.98 Å². The van der Waals surface area contributed by atoms with E-state index < -0.39 is 6.43 Å². The van der Waals surface area contributed by atoms with Crippen molar-refractivity contribution in [3.8, 4) is 0 Å². The van der Waals surface area contributed by atoms with E-state index >= 15 is 0 Å². The fourth-order valence-electron chi connectivity index (χ4n) is 0.874. The third kappa shape index (κ3) is 2.63. The van der Waals surface area contributed by atoms with Crippen molar-refractivity contribution in [1.29, 1.82) is 0 Å². The van der Waals surface area contributed by atoms with Gasteiger partial charge in [0.1, 0.15) is 3.70 Å². The van der Waals surface area contributed by atoms with Gasteiger partial charge in [-0.05, 0) is 28.7 Å². The van der Waals surface area contributed by atoms with Gasteiger partial charge in [-0.15, -0.1) is 11.6 Å². The van der Waals surface area contributed by atoms with Gasteiger partial charge in [-0.3, -0.25) is 0 Å². The first-order valence-corrected chi connectivity index (χ1v) is 5.24. The molecule has 1 rings (SSSR count). The first-order valence-electron chi connectivity index (χ1n) is 3.25. The highest BCUT2D eigenvalue weighted by Gasteiger charge is 2.18. The number of hydrogen-bond acceptors (Lipinski definition) is 1. The molecule has 1 heterocycles. The molecule has 0 bridgehead atoms. The van der Waals surface area contributed by atoms with Crippen LogP contribution in [0.3, 0.4) is 0 Å². The van der Waals surface area contributed by atoms with Crippen LogP contribution in [0.4, 0.5) is 8.78 Å². The van der Waals surface area contributed by atoms with Crippen molar-refractivity contribution in [3.63, 3.8) is 0 Å². The van der Waals surface area contributed by atoms with Gasteiger partial charge in [0.15, 0.2) is 0 Å². The minimum Gasteiger partial charge on any atom is -0.245 e. The maximum absolute atomic E-state index is 12.4. The van der Waals surface area contributed by atoms with E-state index in [0.717, 1.165) is 0 Å². The summed E-state index contributed by atoms with van der Waals surface area (Å²) >= 11 is 13.0. The van der Waals surface area contributed by atoms with E-state index in [-0.39, 0.29) is 22.2 Å². The SMILES string of the molecule is FC(F)c1c(Cl)cc(I)nc1CCl. The molecule has 0 atom stereocenters. The molecule has 0 unspecified atom stereocenters. The van der Waals surface area contributed by atoms with Crippen molar-refractivity contribution >= 4 is 45.8 Å². The summed E-state index contributed by atoms with van der Waals surface area (Å²) in [7, 11) is 0. The second kappa shape index (κ2) is 4.70. The molecule has 0 radical (unpaired) electrons. The highest BCUT2D eigenvalue weighted by molar-refractivity contribution is 14.1. The predicted molar refractivity (Wildman–Crippen MR) is 56.5 cm³/mol. The van der Waals surface area contributed by atoms with Crippen LogP contribution in [0.25, 0.3) is 0 Å². The fourth-order valence-corrected chi connectivity index (χ4v) is 2.16. The monoisotopic (exact) mass is 337 g/mol.